The van der Waals surface area contributed by atoms with Crippen LogP contribution >= 0.6 is 0 Å². The van der Waals surface area contributed by atoms with E-state index in [4.69, 9.17) is 14.2 Å². The van der Waals surface area contributed by atoms with Gasteiger partial charge in [0.25, 0.3) is 0 Å². The van der Waals surface area contributed by atoms with Crippen LogP contribution in [0.15, 0.2) is 11.6 Å². The van der Waals surface area contributed by atoms with Gasteiger partial charge in [-0.3, -0.25) is 9.69 Å². The first-order valence-corrected chi connectivity index (χ1v) is 12.0. The van der Waals surface area contributed by atoms with Crippen molar-refractivity contribution < 1.29 is 19.0 Å². The van der Waals surface area contributed by atoms with Gasteiger partial charge in [0.1, 0.15) is 11.7 Å². The molecule has 4 saturated heterocycles. The lowest BCUT2D eigenvalue weighted by Gasteiger charge is -2.46. The third-order valence-corrected chi connectivity index (χ3v) is 8.14. The highest BCUT2D eigenvalue weighted by atomic mass is 16.7. The molecule has 0 aromatic heterocycles. The topological polar surface area (TPSA) is 57.8 Å². The Morgan fingerprint density at radius 3 is 2.47 bits per heavy atom. The fourth-order valence-electron chi connectivity index (χ4n) is 6.03. The fraction of sp³-hybridized carbons (Fsp3) is 0.875. The van der Waals surface area contributed by atoms with Gasteiger partial charge in [-0.15, -0.1) is 0 Å². The van der Waals surface area contributed by atoms with Crippen molar-refractivity contribution in [3.8, 4) is 0 Å². The van der Waals surface area contributed by atoms with E-state index in [9.17, 15) is 4.79 Å². The van der Waals surface area contributed by atoms with E-state index in [0.29, 0.717) is 43.6 Å². The fourth-order valence-corrected chi connectivity index (χ4v) is 6.03. The number of morpholine rings is 1. The molecule has 1 unspecified atom stereocenters. The Labute approximate surface area is 180 Å². The Morgan fingerprint density at radius 2 is 1.80 bits per heavy atom. The second-order valence-corrected chi connectivity index (χ2v) is 10.6. The highest BCUT2D eigenvalue weighted by Crippen LogP contribution is 2.60. The molecule has 0 aromatic carbocycles. The van der Waals surface area contributed by atoms with Crippen LogP contribution in [0.1, 0.15) is 59.3 Å². The van der Waals surface area contributed by atoms with Crippen molar-refractivity contribution in [2.24, 2.45) is 5.92 Å². The number of nitrogens with zero attached hydrogens (tertiary/aromatic N) is 2. The molecule has 30 heavy (non-hydrogen) atoms. The van der Waals surface area contributed by atoms with Gasteiger partial charge in [0.05, 0.1) is 24.9 Å². The molecule has 3 atom stereocenters. The van der Waals surface area contributed by atoms with Crippen molar-refractivity contribution in [3.63, 3.8) is 0 Å². The minimum absolute atomic E-state index is 0.0690. The predicted octanol–water partition coefficient (Wildman–Crippen LogP) is 2.76. The summed E-state index contributed by atoms with van der Waals surface area (Å²) in [6.45, 7) is 11.6. The molecule has 4 aliphatic heterocycles. The lowest BCUT2D eigenvalue weighted by atomic mass is 9.78. The van der Waals surface area contributed by atoms with Crippen LogP contribution in [0.2, 0.25) is 0 Å². The largest absolute Gasteiger partial charge is 0.378 e. The average molecular weight is 419 g/mol. The molecule has 1 spiro atoms. The standard InChI is InChI=1S/C24H38N2O4/c1-17(2)4-5-20-23(3,29-20)22-24(30-22)8-6-19(7-9-24)26-15-18(16-26)14-21(27)25-10-12-28-13-11-25/h4,18-20,22H,5-16H2,1-3H3/t19?,20-,22?,23-,24?/m1/s1. The van der Waals surface area contributed by atoms with Crippen LogP contribution in [0.25, 0.3) is 0 Å². The summed E-state index contributed by atoms with van der Waals surface area (Å²) in [6, 6.07) is 0.671. The Balaban J connectivity index is 1.03. The SMILES string of the molecule is CC(C)=CC[C@H]1O[C@@]1(C)C1OC12CCC(N1CC(CC(=O)N3CCOCC3)C1)CC2. The molecule has 1 amide bonds. The molecule has 0 N–H and O–H groups in total. The summed E-state index contributed by atoms with van der Waals surface area (Å²) >= 11 is 0. The number of rotatable bonds is 6. The first-order chi connectivity index (χ1) is 14.4. The van der Waals surface area contributed by atoms with Gasteiger partial charge in [-0.2, -0.15) is 0 Å². The van der Waals surface area contributed by atoms with Crippen molar-refractivity contribution in [3.05, 3.63) is 11.6 Å². The zero-order valence-electron chi connectivity index (χ0n) is 18.9. The van der Waals surface area contributed by atoms with Crippen molar-refractivity contribution in [1.29, 1.82) is 0 Å². The summed E-state index contributed by atoms with van der Waals surface area (Å²) in [7, 11) is 0. The minimum atomic E-state index is -0.0690. The molecule has 6 nitrogen and oxygen atoms in total. The van der Waals surface area contributed by atoms with Crippen molar-refractivity contribution >= 4 is 5.91 Å². The van der Waals surface area contributed by atoms with Gasteiger partial charge in [-0.05, 0) is 58.8 Å². The first-order valence-electron chi connectivity index (χ1n) is 12.0. The number of hydrogen-bond acceptors (Lipinski definition) is 5. The Kier molecular flexibility index (Phi) is 5.49. The number of amides is 1. The van der Waals surface area contributed by atoms with Gasteiger partial charge < -0.3 is 19.1 Å². The molecule has 5 aliphatic rings. The smallest absolute Gasteiger partial charge is 0.223 e. The molecule has 5 fully saturated rings. The summed E-state index contributed by atoms with van der Waals surface area (Å²) < 4.78 is 17.7. The summed E-state index contributed by atoms with van der Waals surface area (Å²) in [5.74, 6) is 0.857. The van der Waals surface area contributed by atoms with Crippen LogP contribution in [0.4, 0.5) is 0 Å². The summed E-state index contributed by atoms with van der Waals surface area (Å²) in [5, 5.41) is 0. The number of carbonyl (C=O) groups excluding carboxylic acids is 1. The van der Waals surface area contributed by atoms with E-state index >= 15 is 0 Å². The van der Waals surface area contributed by atoms with E-state index in [1.54, 1.807) is 0 Å². The van der Waals surface area contributed by atoms with Crippen LogP contribution in [-0.2, 0) is 19.0 Å². The second-order valence-electron chi connectivity index (χ2n) is 10.6. The lowest BCUT2D eigenvalue weighted by molar-refractivity contribution is -0.138. The molecule has 6 heteroatoms. The monoisotopic (exact) mass is 418 g/mol. The van der Waals surface area contributed by atoms with Crippen molar-refractivity contribution in [1.82, 2.24) is 9.80 Å². The van der Waals surface area contributed by atoms with Crippen LogP contribution in [0.5, 0.6) is 0 Å². The maximum atomic E-state index is 12.4. The molecule has 0 aromatic rings. The summed E-state index contributed by atoms with van der Waals surface area (Å²) in [5.41, 5.74) is 1.38. The van der Waals surface area contributed by atoms with Crippen LogP contribution in [0.3, 0.4) is 0 Å². The number of epoxide rings is 2. The van der Waals surface area contributed by atoms with Gasteiger partial charge >= 0.3 is 0 Å². The molecule has 4 heterocycles. The second kappa shape index (κ2) is 7.88. The maximum Gasteiger partial charge on any atom is 0.223 e. The molecule has 168 valence electrons. The van der Waals surface area contributed by atoms with Gasteiger partial charge in [0.2, 0.25) is 5.91 Å². The molecule has 0 radical (unpaired) electrons. The predicted molar refractivity (Wildman–Crippen MR) is 114 cm³/mol. The van der Waals surface area contributed by atoms with E-state index in [1.165, 1.54) is 18.4 Å². The summed E-state index contributed by atoms with van der Waals surface area (Å²) in [6.07, 6.45) is 9.37. The average Bonchev–Trinajstić information content (AvgIpc) is 3.60. The highest BCUT2D eigenvalue weighted by molar-refractivity contribution is 5.76. The maximum absolute atomic E-state index is 12.4. The normalized spacial score (nSPS) is 41.4. The van der Waals surface area contributed by atoms with E-state index in [0.717, 1.165) is 45.4 Å². The van der Waals surface area contributed by atoms with Gasteiger partial charge in [0, 0.05) is 38.6 Å². The number of hydrogen-bond donors (Lipinski definition) is 0. The number of ether oxygens (including phenoxy) is 3. The molecular weight excluding hydrogens is 380 g/mol. The van der Waals surface area contributed by atoms with Gasteiger partial charge in [-0.1, -0.05) is 11.6 Å². The lowest BCUT2D eigenvalue weighted by Crippen LogP contribution is -2.55. The van der Waals surface area contributed by atoms with E-state index in [1.807, 2.05) is 4.90 Å². The van der Waals surface area contributed by atoms with Gasteiger partial charge in [0.15, 0.2) is 0 Å². The zero-order valence-corrected chi connectivity index (χ0v) is 18.9. The first kappa shape index (κ1) is 20.9. The number of likely N-dealkylation sites (tertiary alicyclic amines) is 1. The number of allylic oxidation sites excluding steroid dienone is 1. The molecule has 0 bridgehead atoms. The van der Waals surface area contributed by atoms with Crippen molar-refractivity contribution in [2.45, 2.75) is 88.7 Å². The van der Waals surface area contributed by atoms with Gasteiger partial charge in [-0.25, -0.2) is 0 Å². The highest BCUT2D eigenvalue weighted by Gasteiger charge is 2.73. The number of carbonyl (C=O) groups is 1. The Morgan fingerprint density at radius 1 is 1.10 bits per heavy atom. The molecular formula is C24H38N2O4. The third-order valence-electron chi connectivity index (χ3n) is 8.14. The molecule has 5 rings (SSSR count). The third kappa shape index (κ3) is 3.96. The zero-order chi connectivity index (χ0) is 20.9. The Hall–Kier alpha value is -0.950. The van der Waals surface area contributed by atoms with Crippen molar-refractivity contribution in [2.75, 3.05) is 39.4 Å². The minimum Gasteiger partial charge on any atom is -0.378 e. The van der Waals surface area contributed by atoms with E-state index < -0.39 is 0 Å². The quantitative estimate of drug-likeness (QED) is 0.490. The van der Waals surface area contributed by atoms with Crippen LogP contribution in [-0.4, -0.2) is 84.6 Å². The van der Waals surface area contributed by atoms with E-state index in [2.05, 4.69) is 31.7 Å². The Bertz CT molecular complexity index is 685. The molecule has 1 aliphatic carbocycles. The van der Waals surface area contributed by atoms with Crippen LogP contribution in [0, 0.1) is 5.92 Å². The molecule has 1 saturated carbocycles. The van der Waals surface area contributed by atoms with Crippen LogP contribution < -0.4 is 0 Å². The summed E-state index contributed by atoms with van der Waals surface area (Å²) in [4.78, 5) is 17.0. The van der Waals surface area contributed by atoms with E-state index in [-0.39, 0.29) is 17.3 Å².